The molecule has 2 aromatic carbocycles. The van der Waals surface area contributed by atoms with Crippen molar-refractivity contribution in [2.45, 2.75) is 46.1 Å². The molecule has 3 heteroatoms. The van der Waals surface area contributed by atoms with E-state index in [0.717, 1.165) is 32.4 Å². The minimum atomic E-state index is -0.199. The third-order valence-electron chi connectivity index (χ3n) is 6.29. The summed E-state index contributed by atoms with van der Waals surface area (Å²) in [4.78, 5) is 13.7. The molecule has 0 N–H and O–H groups in total. The van der Waals surface area contributed by atoms with Crippen molar-refractivity contribution in [3.8, 4) is 0 Å². The van der Waals surface area contributed by atoms with Gasteiger partial charge in [0.15, 0.2) is 0 Å². The predicted octanol–water partition coefficient (Wildman–Crippen LogP) is 4.88. The van der Waals surface area contributed by atoms with Crippen molar-refractivity contribution in [1.82, 2.24) is 4.90 Å². The van der Waals surface area contributed by atoms with Crippen molar-refractivity contribution in [2.75, 3.05) is 19.7 Å². The van der Waals surface area contributed by atoms with Gasteiger partial charge in [-0.1, -0.05) is 62.4 Å². The van der Waals surface area contributed by atoms with Gasteiger partial charge < -0.3 is 4.74 Å². The van der Waals surface area contributed by atoms with Crippen LogP contribution < -0.4 is 0 Å². The molecular weight excluding hydrogens is 358 g/mol. The van der Waals surface area contributed by atoms with E-state index in [2.05, 4.69) is 67.3 Å². The number of carbonyl (C=O) groups is 1. The van der Waals surface area contributed by atoms with Crippen LogP contribution in [0.4, 0.5) is 0 Å². The number of nitrogens with zero attached hydrogens (tertiary/aromatic N) is 1. The van der Waals surface area contributed by atoms with Gasteiger partial charge in [-0.05, 0) is 58.6 Å². The quantitative estimate of drug-likeness (QED) is 0.698. The molecule has 1 unspecified atom stereocenters. The molecule has 2 aliphatic rings. The van der Waals surface area contributed by atoms with Crippen LogP contribution in [0.3, 0.4) is 0 Å². The Kier molecular flexibility index (Phi) is 5.86. The van der Waals surface area contributed by atoms with E-state index >= 15 is 0 Å². The largest absolute Gasteiger partial charge is 0.465 e. The van der Waals surface area contributed by atoms with Crippen molar-refractivity contribution in [3.63, 3.8) is 0 Å². The molecule has 1 aliphatic heterocycles. The molecule has 0 spiro atoms. The fourth-order valence-electron chi connectivity index (χ4n) is 5.15. The maximum Gasteiger partial charge on any atom is 0.302 e. The summed E-state index contributed by atoms with van der Waals surface area (Å²) in [6, 6.07) is 18.2. The van der Waals surface area contributed by atoms with E-state index in [4.69, 9.17) is 4.74 Å². The Morgan fingerprint density at radius 2 is 1.59 bits per heavy atom. The number of ether oxygens (including phenoxy) is 1. The summed E-state index contributed by atoms with van der Waals surface area (Å²) in [5.74, 6) is 0.301. The number of benzene rings is 2. The van der Waals surface area contributed by atoms with Gasteiger partial charge in [0.2, 0.25) is 0 Å². The normalized spacial score (nSPS) is 19.1. The predicted molar refractivity (Wildman–Crippen MR) is 118 cm³/mol. The van der Waals surface area contributed by atoms with E-state index in [1.807, 2.05) is 0 Å². The van der Waals surface area contributed by atoms with Crippen LogP contribution in [0.25, 0.3) is 5.57 Å². The number of carbonyl (C=O) groups excluding carboxylic acids is 1. The highest BCUT2D eigenvalue weighted by atomic mass is 16.5. The fourth-order valence-corrected chi connectivity index (χ4v) is 5.15. The zero-order chi connectivity index (χ0) is 20.4. The fraction of sp³-hybridized carbons (Fsp3) is 0.423. The van der Waals surface area contributed by atoms with Crippen LogP contribution in [0.5, 0.6) is 0 Å². The topological polar surface area (TPSA) is 29.5 Å². The Morgan fingerprint density at radius 3 is 2.14 bits per heavy atom. The Bertz CT molecular complexity index is 878. The maximum atomic E-state index is 11.2. The smallest absolute Gasteiger partial charge is 0.302 e. The lowest BCUT2D eigenvalue weighted by Crippen LogP contribution is -2.37. The summed E-state index contributed by atoms with van der Waals surface area (Å²) in [5.41, 5.74) is 8.70. The third-order valence-corrected chi connectivity index (χ3v) is 6.29. The second-order valence-corrected chi connectivity index (χ2v) is 8.53. The number of fused-ring (bicyclic) bond motifs is 2. The van der Waals surface area contributed by atoms with Crippen molar-refractivity contribution < 1.29 is 9.53 Å². The first kappa shape index (κ1) is 19.9. The second kappa shape index (κ2) is 8.54. The van der Waals surface area contributed by atoms with Crippen molar-refractivity contribution >= 4 is 11.5 Å². The molecule has 0 amide bonds. The standard InChI is InChI=1S/C26H31NO2/c1-18(2)26-24(14-15-27(26)16-17-29-19(3)28)25-22-10-6-4-8-20(22)12-13-21-9-5-7-11-23(21)25/h4-11,18,26H,12-17H2,1-3H3. The van der Waals surface area contributed by atoms with Gasteiger partial charge in [0.25, 0.3) is 0 Å². The van der Waals surface area contributed by atoms with Crippen LogP contribution in [0, 0.1) is 5.92 Å². The number of hydrogen-bond donors (Lipinski definition) is 0. The summed E-state index contributed by atoms with van der Waals surface area (Å²) in [7, 11) is 0. The molecule has 4 rings (SSSR count). The van der Waals surface area contributed by atoms with Crippen molar-refractivity contribution in [1.29, 1.82) is 0 Å². The monoisotopic (exact) mass is 389 g/mol. The minimum absolute atomic E-state index is 0.199. The van der Waals surface area contributed by atoms with Gasteiger partial charge in [-0.15, -0.1) is 0 Å². The van der Waals surface area contributed by atoms with E-state index in [1.54, 1.807) is 5.57 Å². The number of rotatable bonds is 4. The van der Waals surface area contributed by atoms with Gasteiger partial charge in [0.1, 0.15) is 6.61 Å². The molecule has 0 bridgehead atoms. The minimum Gasteiger partial charge on any atom is -0.465 e. The summed E-state index contributed by atoms with van der Waals surface area (Å²) in [6.07, 6.45) is 3.25. The number of likely N-dealkylation sites (tertiary alicyclic amines) is 1. The molecule has 0 saturated carbocycles. The van der Waals surface area contributed by atoms with Crippen molar-refractivity contribution in [2.24, 2.45) is 5.92 Å². The van der Waals surface area contributed by atoms with Crippen LogP contribution in [0.1, 0.15) is 49.4 Å². The SMILES string of the molecule is CC(=O)OCCN1CCC(=C2c3ccccc3CCc3ccccc32)C1C(C)C. The van der Waals surface area contributed by atoms with Gasteiger partial charge >= 0.3 is 5.97 Å². The van der Waals surface area contributed by atoms with Gasteiger partial charge in [0.05, 0.1) is 0 Å². The highest BCUT2D eigenvalue weighted by molar-refractivity contribution is 5.86. The molecule has 1 fully saturated rings. The average Bonchev–Trinajstić information content (AvgIpc) is 3.04. The zero-order valence-corrected chi connectivity index (χ0v) is 17.8. The molecule has 1 atom stereocenters. The molecule has 1 aliphatic carbocycles. The van der Waals surface area contributed by atoms with Crippen LogP contribution >= 0.6 is 0 Å². The Balaban J connectivity index is 1.81. The molecule has 0 aromatic heterocycles. The average molecular weight is 390 g/mol. The van der Waals surface area contributed by atoms with Crippen LogP contribution in [-0.2, 0) is 22.4 Å². The summed E-state index contributed by atoms with van der Waals surface area (Å²) < 4.78 is 5.25. The summed E-state index contributed by atoms with van der Waals surface area (Å²) >= 11 is 0. The first-order valence-electron chi connectivity index (χ1n) is 10.8. The molecule has 152 valence electrons. The molecule has 2 aromatic rings. The first-order valence-corrected chi connectivity index (χ1v) is 10.8. The third kappa shape index (κ3) is 4.02. The molecule has 3 nitrogen and oxygen atoms in total. The lowest BCUT2D eigenvalue weighted by atomic mass is 9.84. The van der Waals surface area contributed by atoms with Crippen LogP contribution in [0.15, 0.2) is 54.1 Å². The highest BCUT2D eigenvalue weighted by Gasteiger charge is 2.35. The second-order valence-electron chi connectivity index (χ2n) is 8.53. The van der Waals surface area contributed by atoms with Gasteiger partial charge in [0, 0.05) is 26.1 Å². The Morgan fingerprint density at radius 1 is 1.00 bits per heavy atom. The highest BCUT2D eigenvalue weighted by Crippen LogP contribution is 2.42. The summed E-state index contributed by atoms with van der Waals surface area (Å²) in [5, 5.41) is 0. The van der Waals surface area contributed by atoms with Crippen molar-refractivity contribution in [3.05, 3.63) is 76.4 Å². The summed E-state index contributed by atoms with van der Waals surface area (Å²) in [6.45, 7) is 8.38. The molecule has 29 heavy (non-hydrogen) atoms. The van der Waals surface area contributed by atoms with E-state index in [1.165, 1.54) is 34.8 Å². The number of hydrogen-bond acceptors (Lipinski definition) is 3. The molecule has 1 heterocycles. The number of aryl methyl sites for hydroxylation is 2. The molecule has 0 radical (unpaired) electrons. The zero-order valence-electron chi connectivity index (χ0n) is 17.8. The van der Waals surface area contributed by atoms with Crippen LogP contribution in [0.2, 0.25) is 0 Å². The first-order chi connectivity index (χ1) is 14.1. The maximum absolute atomic E-state index is 11.2. The molecular formula is C26H31NO2. The van der Waals surface area contributed by atoms with Gasteiger partial charge in [-0.3, -0.25) is 9.69 Å². The van der Waals surface area contributed by atoms with E-state index < -0.39 is 0 Å². The lowest BCUT2D eigenvalue weighted by Gasteiger charge is -2.30. The van der Waals surface area contributed by atoms with Gasteiger partial charge in [-0.2, -0.15) is 0 Å². The Labute approximate surface area is 174 Å². The van der Waals surface area contributed by atoms with E-state index in [-0.39, 0.29) is 5.97 Å². The molecule has 1 saturated heterocycles. The van der Waals surface area contributed by atoms with E-state index in [9.17, 15) is 4.79 Å². The van der Waals surface area contributed by atoms with E-state index in [0.29, 0.717) is 18.6 Å². The van der Waals surface area contributed by atoms with Gasteiger partial charge in [-0.25, -0.2) is 0 Å². The van der Waals surface area contributed by atoms with Crippen LogP contribution in [-0.4, -0.2) is 36.6 Å². The number of esters is 1. The lowest BCUT2D eigenvalue weighted by molar-refractivity contribution is -0.141. The Hall–Kier alpha value is -2.39.